The van der Waals surface area contributed by atoms with E-state index < -0.39 is 0 Å². The highest BCUT2D eigenvalue weighted by atomic mass is 79.9. The van der Waals surface area contributed by atoms with Gasteiger partial charge in [-0.3, -0.25) is 25.4 Å². The van der Waals surface area contributed by atoms with Crippen LogP contribution in [0.4, 0.5) is 0 Å². The quantitative estimate of drug-likeness (QED) is 0.602. The maximum Gasteiger partial charge on any atom is 0.271 e. The normalized spacial score (nSPS) is 10.1. The van der Waals surface area contributed by atoms with E-state index in [1.807, 2.05) is 12.1 Å². The zero-order chi connectivity index (χ0) is 16.5. The number of rotatable bonds is 6. The van der Waals surface area contributed by atoms with Crippen LogP contribution in [-0.2, 0) is 11.2 Å². The standard InChI is InChI=1S/C17H18BrN3O2/c18-15-9-7-13(8-10-15)4-1-2-6-16(22)20-21-17(23)14-5-3-11-19-12-14/h3,5,7-12H,1-2,4,6H2,(H,20,22)(H,21,23). The molecule has 1 aromatic heterocycles. The number of aromatic nitrogens is 1. The van der Waals surface area contributed by atoms with Gasteiger partial charge in [-0.05, 0) is 49.1 Å². The molecule has 2 N–H and O–H groups in total. The average Bonchev–Trinajstić information content (AvgIpc) is 2.59. The molecule has 1 heterocycles. The first-order valence-corrected chi connectivity index (χ1v) is 8.18. The molecular formula is C17H18BrN3O2. The fraction of sp³-hybridized carbons (Fsp3) is 0.235. The van der Waals surface area contributed by atoms with Crippen LogP contribution in [0, 0.1) is 0 Å². The Morgan fingerprint density at radius 2 is 1.83 bits per heavy atom. The zero-order valence-corrected chi connectivity index (χ0v) is 14.2. The van der Waals surface area contributed by atoms with Gasteiger partial charge in [-0.15, -0.1) is 0 Å². The Morgan fingerprint density at radius 3 is 2.52 bits per heavy atom. The van der Waals surface area contributed by atoms with Crippen molar-refractivity contribution in [3.63, 3.8) is 0 Å². The van der Waals surface area contributed by atoms with E-state index in [4.69, 9.17) is 0 Å². The number of carbonyl (C=O) groups excluding carboxylic acids is 2. The largest absolute Gasteiger partial charge is 0.273 e. The van der Waals surface area contributed by atoms with Crippen molar-refractivity contribution in [3.8, 4) is 0 Å². The third kappa shape index (κ3) is 6.20. The topological polar surface area (TPSA) is 71.1 Å². The van der Waals surface area contributed by atoms with Crippen LogP contribution in [0.15, 0.2) is 53.3 Å². The molecule has 6 heteroatoms. The lowest BCUT2D eigenvalue weighted by Gasteiger charge is -2.07. The van der Waals surface area contributed by atoms with Crippen LogP contribution in [0.5, 0.6) is 0 Å². The minimum atomic E-state index is -0.374. The fourth-order valence-electron chi connectivity index (χ4n) is 2.02. The van der Waals surface area contributed by atoms with Crippen LogP contribution < -0.4 is 10.9 Å². The molecule has 0 atom stereocenters. The Labute approximate surface area is 143 Å². The van der Waals surface area contributed by atoms with E-state index in [1.165, 1.54) is 11.8 Å². The maximum atomic E-state index is 11.7. The number of aryl methyl sites for hydroxylation is 1. The number of amides is 2. The van der Waals surface area contributed by atoms with Crippen molar-refractivity contribution in [2.24, 2.45) is 0 Å². The van der Waals surface area contributed by atoms with E-state index in [2.05, 4.69) is 43.9 Å². The molecule has 0 aliphatic carbocycles. The molecule has 0 aliphatic rings. The average molecular weight is 376 g/mol. The Balaban J connectivity index is 1.62. The van der Waals surface area contributed by atoms with Gasteiger partial charge in [0.25, 0.3) is 5.91 Å². The number of hydrogen-bond donors (Lipinski definition) is 2. The summed E-state index contributed by atoms with van der Waals surface area (Å²) in [6, 6.07) is 11.5. The molecule has 1 aromatic carbocycles. The highest BCUT2D eigenvalue weighted by Crippen LogP contribution is 2.12. The summed E-state index contributed by atoms with van der Waals surface area (Å²) >= 11 is 3.40. The lowest BCUT2D eigenvalue weighted by molar-refractivity contribution is -0.121. The molecule has 5 nitrogen and oxygen atoms in total. The van der Waals surface area contributed by atoms with E-state index in [9.17, 15) is 9.59 Å². The summed E-state index contributed by atoms with van der Waals surface area (Å²) in [4.78, 5) is 27.3. The zero-order valence-electron chi connectivity index (χ0n) is 12.6. The van der Waals surface area contributed by atoms with Gasteiger partial charge in [-0.2, -0.15) is 0 Å². The monoisotopic (exact) mass is 375 g/mol. The first-order chi connectivity index (χ1) is 11.1. The minimum absolute atomic E-state index is 0.196. The Morgan fingerprint density at radius 1 is 1.04 bits per heavy atom. The summed E-state index contributed by atoms with van der Waals surface area (Å²) in [6.07, 6.45) is 6.03. The van der Waals surface area contributed by atoms with E-state index in [1.54, 1.807) is 18.3 Å². The molecule has 0 fully saturated rings. The van der Waals surface area contributed by atoms with E-state index in [-0.39, 0.29) is 11.8 Å². The Bertz CT molecular complexity index is 645. The lowest BCUT2D eigenvalue weighted by atomic mass is 10.1. The molecule has 0 saturated heterocycles. The third-order valence-corrected chi connectivity index (χ3v) is 3.80. The molecule has 0 radical (unpaired) electrons. The predicted octanol–water partition coefficient (Wildman–Crippen LogP) is 3.02. The third-order valence-electron chi connectivity index (χ3n) is 3.27. The van der Waals surface area contributed by atoms with Crippen LogP contribution in [-0.4, -0.2) is 16.8 Å². The van der Waals surface area contributed by atoms with Crippen LogP contribution in [0.2, 0.25) is 0 Å². The second kappa shape index (κ2) is 9.05. The number of hydrogen-bond acceptors (Lipinski definition) is 3. The molecule has 0 unspecified atom stereocenters. The highest BCUT2D eigenvalue weighted by molar-refractivity contribution is 9.10. The molecule has 0 spiro atoms. The van der Waals surface area contributed by atoms with E-state index in [0.29, 0.717) is 12.0 Å². The molecule has 0 bridgehead atoms. The number of nitrogens with zero attached hydrogens (tertiary/aromatic N) is 1. The van der Waals surface area contributed by atoms with Gasteiger partial charge >= 0.3 is 0 Å². The first-order valence-electron chi connectivity index (χ1n) is 7.39. The molecule has 2 aromatic rings. The van der Waals surface area contributed by atoms with Gasteiger partial charge in [0.05, 0.1) is 5.56 Å². The van der Waals surface area contributed by atoms with Crippen LogP contribution in [0.25, 0.3) is 0 Å². The molecule has 2 amide bonds. The van der Waals surface area contributed by atoms with Crippen LogP contribution >= 0.6 is 15.9 Å². The predicted molar refractivity (Wildman–Crippen MR) is 91.5 cm³/mol. The van der Waals surface area contributed by atoms with Gasteiger partial charge < -0.3 is 0 Å². The van der Waals surface area contributed by atoms with Crippen molar-refractivity contribution in [2.45, 2.75) is 25.7 Å². The Hall–Kier alpha value is -2.21. The highest BCUT2D eigenvalue weighted by Gasteiger charge is 2.06. The lowest BCUT2D eigenvalue weighted by Crippen LogP contribution is -2.41. The number of nitrogens with one attached hydrogen (secondary N) is 2. The minimum Gasteiger partial charge on any atom is -0.273 e. The van der Waals surface area contributed by atoms with Crippen molar-refractivity contribution in [1.82, 2.24) is 15.8 Å². The van der Waals surface area contributed by atoms with E-state index >= 15 is 0 Å². The van der Waals surface area contributed by atoms with Crippen molar-refractivity contribution in [2.75, 3.05) is 0 Å². The summed E-state index contributed by atoms with van der Waals surface area (Å²) in [6.45, 7) is 0. The summed E-state index contributed by atoms with van der Waals surface area (Å²) < 4.78 is 1.06. The molecule has 23 heavy (non-hydrogen) atoms. The van der Waals surface area contributed by atoms with Crippen LogP contribution in [0.3, 0.4) is 0 Å². The van der Waals surface area contributed by atoms with Gasteiger partial charge in [-0.25, -0.2) is 0 Å². The molecule has 0 saturated carbocycles. The smallest absolute Gasteiger partial charge is 0.271 e. The number of pyridine rings is 1. The van der Waals surface area contributed by atoms with Gasteiger partial charge in [-0.1, -0.05) is 28.1 Å². The van der Waals surface area contributed by atoms with Crippen molar-refractivity contribution >= 4 is 27.7 Å². The van der Waals surface area contributed by atoms with Crippen molar-refractivity contribution in [3.05, 3.63) is 64.4 Å². The van der Waals surface area contributed by atoms with Gasteiger partial charge in [0.1, 0.15) is 0 Å². The fourth-order valence-corrected chi connectivity index (χ4v) is 2.29. The van der Waals surface area contributed by atoms with Crippen molar-refractivity contribution < 1.29 is 9.59 Å². The number of hydrazine groups is 1. The molecule has 2 rings (SSSR count). The number of benzene rings is 1. The number of unbranched alkanes of at least 4 members (excludes halogenated alkanes) is 1. The molecule has 0 aliphatic heterocycles. The second-order valence-electron chi connectivity index (χ2n) is 5.08. The number of carbonyl (C=O) groups is 2. The number of halogens is 1. The van der Waals surface area contributed by atoms with E-state index in [0.717, 1.165) is 23.7 Å². The van der Waals surface area contributed by atoms with Gasteiger partial charge in [0.2, 0.25) is 5.91 Å². The summed E-state index contributed by atoms with van der Waals surface area (Å²) in [7, 11) is 0. The Kier molecular flexibility index (Phi) is 6.75. The second-order valence-corrected chi connectivity index (χ2v) is 5.99. The molecule has 120 valence electrons. The summed E-state index contributed by atoms with van der Waals surface area (Å²) in [5.41, 5.74) is 6.45. The van der Waals surface area contributed by atoms with Gasteiger partial charge in [0, 0.05) is 23.3 Å². The summed E-state index contributed by atoms with van der Waals surface area (Å²) in [5, 5.41) is 0. The SMILES string of the molecule is O=C(CCCCc1ccc(Br)cc1)NNC(=O)c1cccnc1. The first kappa shape index (κ1) is 17.1. The van der Waals surface area contributed by atoms with Gasteiger partial charge in [0.15, 0.2) is 0 Å². The summed E-state index contributed by atoms with van der Waals surface area (Å²) in [5.74, 6) is -0.570. The van der Waals surface area contributed by atoms with Crippen LogP contribution in [0.1, 0.15) is 35.2 Å². The molecular weight excluding hydrogens is 358 g/mol. The maximum absolute atomic E-state index is 11.7. The van der Waals surface area contributed by atoms with Crippen molar-refractivity contribution in [1.29, 1.82) is 0 Å².